The van der Waals surface area contributed by atoms with Gasteiger partial charge in [0.2, 0.25) is 5.75 Å². The molecule has 1 aliphatic rings. The van der Waals surface area contributed by atoms with E-state index in [2.05, 4.69) is 15.4 Å². The molecule has 0 aliphatic carbocycles. The summed E-state index contributed by atoms with van der Waals surface area (Å²) < 4.78 is 21.4. The van der Waals surface area contributed by atoms with E-state index >= 15 is 0 Å². The quantitative estimate of drug-likeness (QED) is 0.388. The Bertz CT molecular complexity index is 1130. The Morgan fingerprint density at radius 2 is 1.76 bits per heavy atom. The Kier molecular flexibility index (Phi) is 7.61. The van der Waals surface area contributed by atoms with E-state index in [0.29, 0.717) is 36.0 Å². The first-order valence-corrected chi connectivity index (χ1v) is 11.5. The van der Waals surface area contributed by atoms with Crippen molar-refractivity contribution in [2.45, 2.75) is 0 Å². The summed E-state index contributed by atoms with van der Waals surface area (Å²) in [6.07, 6.45) is 1.62. The van der Waals surface area contributed by atoms with Gasteiger partial charge < -0.3 is 23.8 Å². The Hall–Kier alpha value is -3.63. The summed E-state index contributed by atoms with van der Waals surface area (Å²) in [5.74, 6) is 0.785. The number of thiazole rings is 1. The minimum atomic E-state index is -0.408. The molecule has 4 rings (SSSR count). The SMILES string of the molecule is COc1cc(C(=O)N/N=C/c2sc(N3CCOCC3)nc2-c2ccccc2)cc(OC)c1OC. The third-order valence-electron chi connectivity index (χ3n) is 5.25. The number of hydrogen-bond acceptors (Lipinski definition) is 9. The molecule has 1 fully saturated rings. The number of methoxy groups -OCH3 is 3. The standard InChI is InChI=1S/C24H26N4O5S/c1-30-18-13-17(14-19(31-2)22(18)32-3)23(29)27-25-15-20-21(16-7-5-4-6-8-16)26-24(34-20)28-9-11-33-12-10-28/h4-8,13-15H,9-12H2,1-3H3,(H,27,29)/b25-15+. The average Bonchev–Trinajstić information content (AvgIpc) is 3.32. The van der Waals surface area contributed by atoms with Crippen LogP contribution >= 0.6 is 11.3 Å². The van der Waals surface area contributed by atoms with E-state index < -0.39 is 5.91 Å². The van der Waals surface area contributed by atoms with Crippen LogP contribution in [0.5, 0.6) is 17.2 Å². The molecule has 0 bridgehead atoms. The van der Waals surface area contributed by atoms with Gasteiger partial charge in [-0.2, -0.15) is 5.10 Å². The van der Waals surface area contributed by atoms with Gasteiger partial charge in [-0.15, -0.1) is 0 Å². The molecule has 1 aromatic heterocycles. The van der Waals surface area contributed by atoms with Crippen LogP contribution in [0.15, 0.2) is 47.6 Å². The van der Waals surface area contributed by atoms with E-state index in [9.17, 15) is 4.79 Å². The zero-order chi connectivity index (χ0) is 23.9. The van der Waals surface area contributed by atoms with Crippen LogP contribution in [0.1, 0.15) is 15.2 Å². The number of nitrogens with one attached hydrogen (secondary N) is 1. The molecule has 1 amide bonds. The minimum absolute atomic E-state index is 0.327. The second-order valence-electron chi connectivity index (χ2n) is 7.29. The molecular formula is C24H26N4O5S. The highest BCUT2D eigenvalue weighted by Crippen LogP contribution is 2.38. The van der Waals surface area contributed by atoms with E-state index in [1.165, 1.54) is 32.7 Å². The van der Waals surface area contributed by atoms with E-state index in [1.54, 1.807) is 18.3 Å². The number of aromatic nitrogens is 1. The van der Waals surface area contributed by atoms with Crippen molar-refractivity contribution < 1.29 is 23.7 Å². The van der Waals surface area contributed by atoms with Crippen molar-refractivity contribution in [1.29, 1.82) is 0 Å². The summed E-state index contributed by atoms with van der Waals surface area (Å²) in [6.45, 7) is 2.93. The van der Waals surface area contributed by atoms with Gasteiger partial charge in [-0.1, -0.05) is 41.7 Å². The first-order valence-electron chi connectivity index (χ1n) is 10.7. The van der Waals surface area contributed by atoms with Crippen LogP contribution in [0.2, 0.25) is 0 Å². The molecule has 0 saturated carbocycles. The van der Waals surface area contributed by atoms with Gasteiger partial charge in [0.15, 0.2) is 16.6 Å². The van der Waals surface area contributed by atoms with E-state index in [0.717, 1.165) is 34.4 Å². The highest BCUT2D eigenvalue weighted by molar-refractivity contribution is 7.17. The summed E-state index contributed by atoms with van der Waals surface area (Å²) >= 11 is 1.53. The Morgan fingerprint density at radius 3 is 2.38 bits per heavy atom. The molecule has 178 valence electrons. The summed E-state index contributed by atoms with van der Waals surface area (Å²) in [6, 6.07) is 13.1. The Morgan fingerprint density at radius 1 is 1.09 bits per heavy atom. The van der Waals surface area contributed by atoms with Crippen molar-refractivity contribution in [1.82, 2.24) is 10.4 Å². The number of hydrogen-bond donors (Lipinski definition) is 1. The van der Waals surface area contributed by atoms with Crippen molar-refractivity contribution in [2.24, 2.45) is 5.10 Å². The normalized spacial score (nSPS) is 13.7. The molecule has 1 saturated heterocycles. The number of morpholine rings is 1. The fraction of sp³-hybridized carbons (Fsp3) is 0.292. The highest BCUT2D eigenvalue weighted by atomic mass is 32.1. The van der Waals surface area contributed by atoms with Gasteiger partial charge in [-0.25, -0.2) is 10.4 Å². The van der Waals surface area contributed by atoms with Gasteiger partial charge in [-0.05, 0) is 12.1 Å². The maximum atomic E-state index is 12.8. The maximum Gasteiger partial charge on any atom is 0.271 e. The lowest BCUT2D eigenvalue weighted by molar-refractivity contribution is 0.0954. The van der Waals surface area contributed by atoms with Gasteiger partial charge in [0.05, 0.1) is 51.3 Å². The van der Waals surface area contributed by atoms with Gasteiger partial charge in [0.25, 0.3) is 5.91 Å². The number of hydrazone groups is 1. The number of rotatable bonds is 8. The van der Waals surface area contributed by atoms with E-state index in [-0.39, 0.29) is 0 Å². The van der Waals surface area contributed by atoms with E-state index in [1.807, 2.05) is 30.3 Å². The predicted octanol–water partition coefficient (Wildman–Crippen LogP) is 3.44. The maximum absolute atomic E-state index is 12.8. The van der Waals surface area contributed by atoms with Gasteiger partial charge in [0, 0.05) is 24.2 Å². The molecule has 0 radical (unpaired) electrons. The first kappa shape index (κ1) is 23.5. The van der Waals surface area contributed by atoms with Crippen molar-refractivity contribution in [2.75, 3.05) is 52.5 Å². The number of nitrogens with zero attached hydrogens (tertiary/aromatic N) is 3. The minimum Gasteiger partial charge on any atom is -0.493 e. The number of carbonyl (C=O) groups excluding carboxylic acids is 1. The predicted molar refractivity (Wildman–Crippen MR) is 132 cm³/mol. The topological polar surface area (TPSA) is 94.5 Å². The summed E-state index contributed by atoms with van der Waals surface area (Å²) in [5.41, 5.74) is 4.71. The number of ether oxygens (including phenoxy) is 4. The summed E-state index contributed by atoms with van der Waals surface area (Å²) in [4.78, 5) is 20.7. The molecule has 0 spiro atoms. The largest absolute Gasteiger partial charge is 0.493 e. The van der Waals surface area contributed by atoms with Crippen LogP contribution in [0, 0.1) is 0 Å². The summed E-state index contributed by atoms with van der Waals surface area (Å²) in [7, 11) is 4.51. The monoisotopic (exact) mass is 482 g/mol. The molecule has 2 aromatic carbocycles. The molecule has 2 heterocycles. The highest BCUT2D eigenvalue weighted by Gasteiger charge is 2.20. The average molecular weight is 483 g/mol. The molecule has 1 aliphatic heterocycles. The zero-order valence-corrected chi connectivity index (χ0v) is 20.1. The molecule has 3 aromatic rings. The summed E-state index contributed by atoms with van der Waals surface area (Å²) in [5, 5.41) is 5.11. The number of benzene rings is 2. The second-order valence-corrected chi connectivity index (χ2v) is 8.30. The van der Waals surface area contributed by atoms with Gasteiger partial charge in [0.1, 0.15) is 0 Å². The zero-order valence-electron chi connectivity index (χ0n) is 19.2. The molecule has 9 nitrogen and oxygen atoms in total. The van der Waals surface area contributed by atoms with Crippen LogP contribution in [-0.2, 0) is 4.74 Å². The first-order chi connectivity index (χ1) is 16.6. The van der Waals surface area contributed by atoms with E-state index in [4.69, 9.17) is 23.9 Å². The lowest BCUT2D eigenvalue weighted by Gasteiger charge is -2.26. The van der Waals surface area contributed by atoms with Crippen LogP contribution in [0.3, 0.4) is 0 Å². The second kappa shape index (κ2) is 11.0. The lowest BCUT2D eigenvalue weighted by atomic mass is 10.1. The van der Waals surface area contributed by atoms with Crippen molar-refractivity contribution in [3.05, 3.63) is 52.9 Å². The van der Waals surface area contributed by atoms with Crippen LogP contribution in [-0.4, -0.2) is 64.7 Å². The number of carbonyl (C=O) groups is 1. The molecular weight excluding hydrogens is 456 g/mol. The van der Waals surface area contributed by atoms with Crippen LogP contribution in [0.4, 0.5) is 5.13 Å². The van der Waals surface area contributed by atoms with Crippen molar-refractivity contribution in [3.63, 3.8) is 0 Å². The number of anilines is 1. The van der Waals surface area contributed by atoms with Crippen LogP contribution < -0.4 is 24.5 Å². The smallest absolute Gasteiger partial charge is 0.271 e. The Balaban J connectivity index is 1.57. The number of amides is 1. The molecule has 34 heavy (non-hydrogen) atoms. The van der Waals surface area contributed by atoms with Crippen LogP contribution in [0.25, 0.3) is 11.3 Å². The lowest BCUT2D eigenvalue weighted by Crippen LogP contribution is -2.36. The fourth-order valence-corrected chi connectivity index (χ4v) is 4.54. The third-order valence-corrected chi connectivity index (χ3v) is 6.30. The van der Waals surface area contributed by atoms with Gasteiger partial charge in [-0.3, -0.25) is 4.79 Å². The van der Waals surface area contributed by atoms with Crippen molar-refractivity contribution in [3.8, 4) is 28.5 Å². The third kappa shape index (κ3) is 5.13. The molecule has 1 N–H and O–H groups in total. The fourth-order valence-electron chi connectivity index (χ4n) is 3.53. The Labute approximate surface area is 201 Å². The van der Waals surface area contributed by atoms with Crippen molar-refractivity contribution >= 4 is 28.6 Å². The molecule has 0 atom stereocenters. The molecule has 0 unspecified atom stereocenters. The van der Waals surface area contributed by atoms with Gasteiger partial charge >= 0.3 is 0 Å². The molecule has 10 heteroatoms.